The first-order chi connectivity index (χ1) is 17.5. The smallest absolute Gasteiger partial charge is 0.416 e. The number of hydrogen-bond donors (Lipinski definition) is 1. The molecule has 0 saturated carbocycles. The van der Waals surface area contributed by atoms with E-state index in [-0.39, 0.29) is 13.1 Å². The van der Waals surface area contributed by atoms with Gasteiger partial charge in [-0.05, 0) is 79.9 Å². The SMILES string of the molecule is Cc1cc(Oc2cccc(CN(Cc3ccc(C(F)(F)F)cc3)S(C)(=O)=O)c2)ccc1OC(C)(C)C(=O)O. The zero-order valence-electron chi connectivity index (χ0n) is 21.2. The van der Waals surface area contributed by atoms with Gasteiger partial charge in [-0.3, -0.25) is 0 Å². The molecule has 3 rings (SSSR count). The van der Waals surface area contributed by atoms with E-state index in [1.165, 1.54) is 26.0 Å². The average Bonchev–Trinajstić information content (AvgIpc) is 2.80. The van der Waals surface area contributed by atoms with Gasteiger partial charge < -0.3 is 14.6 Å². The first-order valence-corrected chi connectivity index (χ1v) is 13.3. The molecule has 0 aliphatic heterocycles. The molecule has 7 nitrogen and oxygen atoms in total. The van der Waals surface area contributed by atoms with Crippen molar-refractivity contribution in [2.75, 3.05) is 6.26 Å². The molecular weight excluding hydrogens is 523 g/mol. The van der Waals surface area contributed by atoms with Crippen molar-refractivity contribution in [2.24, 2.45) is 0 Å². The maximum absolute atomic E-state index is 12.8. The van der Waals surface area contributed by atoms with E-state index in [1.807, 2.05) is 0 Å². The van der Waals surface area contributed by atoms with Gasteiger partial charge in [0.25, 0.3) is 0 Å². The molecule has 0 heterocycles. The second kappa shape index (κ2) is 11.0. The van der Waals surface area contributed by atoms with Crippen LogP contribution in [0, 0.1) is 6.92 Å². The Balaban J connectivity index is 1.75. The number of aryl methyl sites for hydroxylation is 1. The van der Waals surface area contributed by atoms with Crippen LogP contribution < -0.4 is 9.47 Å². The van der Waals surface area contributed by atoms with Crippen LogP contribution in [-0.4, -0.2) is 35.7 Å². The molecule has 0 unspecified atom stereocenters. The predicted octanol–water partition coefficient (Wildman–Crippen LogP) is 6.01. The lowest BCUT2D eigenvalue weighted by Gasteiger charge is -2.23. The summed E-state index contributed by atoms with van der Waals surface area (Å²) in [5, 5.41) is 9.27. The van der Waals surface area contributed by atoms with E-state index in [9.17, 15) is 31.5 Å². The number of hydrogen-bond acceptors (Lipinski definition) is 5. The van der Waals surface area contributed by atoms with E-state index in [0.29, 0.717) is 33.9 Å². The Morgan fingerprint density at radius 2 is 1.53 bits per heavy atom. The lowest BCUT2D eigenvalue weighted by atomic mass is 10.1. The van der Waals surface area contributed by atoms with E-state index in [0.717, 1.165) is 22.7 Å². The molecule has 0 aromatic heterocycles. The molecule has 0 saturated heterocycles. The standard InChI is InChI=1S/C27H28F3NO6S/c1-18-14-23(12-13-24(18)37-26(2,3)25(32)33)36-22-7-5-6-20(15-22)17-31(38(4,34)35)16-19-8-10-21(11-9-19)27(28,29)30/h5-15H,16-17H2,1-4H3,(H,32,33). The highest BCUT2D eigenvalue weighted by atomic mass is 32.2. The Morgan fingerprint density at radius 1 is 0.921 bits per heavy atom. The number of nitrogens with zero attached hydrogens (tertiary/aromatic N) is 1. The number of carbonyl (C=O) groups is 1. The third-order valence-corrected chi connectivity index (χ3v) is 6.83. The van der Waals surface area contributed by atoms with E-state index >= 15 is 0 Å². The molecule has 1 N–H and O–H groups in total. The van der Waals surface area contributed by atoms with Crippen LogP contribution in [0.15, 0.2) is 66.7 Å². The van der Waals surface area contributed by atoms with Crippen LogP contribution in [0.25, 0.3) is 0 Å². The number of rotatable bonds is 10. The van der Waals surface area contributed by atoms with Crippen LogP contribution in [0.2, 0.25) is 0 Å². The summed E-state index contributed by atoms with van der Waals surface area (Å²) in [7, 11) is -3.69. The van der Waals surface area contributed by atoms with Crippen LogP contribution in [0.5, 0.6) is 17.2 Å². The van der Waals surface area contributed by atoms with Crippen molar-refractivity contribution in [3.05, 3.63) is 89.0 Å². The molecule has 0 amide bonds. The number of carboxylic acids is 1. The molecule has 0 bridgehead atoms. The molecule has 0 spiro atoms. The van der Waals surface area contributed by atoms with Gasteiger partial charge in [-0.15, -0.1) is 0 Å². The first-order valence-electron chi connectivity index (χ1n) is 11.5. The molecule has 3 aromatic carbocycles. The number of halogens is 3. The van der Waals surface area contributed by atoms with Gasteiger partial charge in [0.1, 0.15) is 17.2 Å². The summed E-state index contributed by atoms with van der Waals surface area (Å²) >= 11 is 0. The normalized spacial score (nSPS) is 12.4. The van der Waals surface area contributed by atoms with Gasteiger partial charge >= 0.3 is 12.1 Å². The maximum Gasteiger partial charge on any atom is 0.416 e. The Hall–Kier alpha value is -3.57. The largest absolute Gasteiger partial charge is 0.478 e. The highest BCUT2D eigenvalue weighted by Gasteiger charge is 2.31. The summed E-state index contributed by atoms with van der Waals surface area (Å²) in [5.74, 6) is 0.190. The molecule has 0 fully saturated rings. The Bertz CT molecular complexity index is 1400. The highest BCUT2D eigenvalue weighted by molar-refractivity contribution is 7.88. The third kappa shape index (κ3) is 7.72. The summed E-state index contributed by atoms with van der Waals surface area (Å²) in [4.78, 5) is 11.3. The van der Waals surface area contributed by atoms with Crippen molar-refractivity contribution in [3.63, 3.8) is 0 Å². The van der Waals surface area contributed by atoms with Crippen molar-refractivity contribution >= 4 is 16.0 Å². The molecule has 204 valence electrons. The number of benzene rings is 3. The first kappa shape index (κ1) is 29.0. The predicted molar refractivity (Wildman–Crippen MR) is 136 cm³/mol. The monoisotopic (exact) mass is 551 g/mol. The van der Waals surface area contributed by atoms with Crippen LogP contribution in [-0.2, 0) is 34.1 Å². The molecule has 3 aromatic rings. The van der Waals surface area contributed by atoms with E-state index in [2.05, 4.69) is 0 Å². The number of carboxylic acid groups (broad SMARTS) is 1. The second-order valence-corrected chi connectivity index (χ2v) is 11.3. The van der Waals surface area contributed by atoms with Gasteiger partial charge in [0.05, 0.1) is 11.8 Å². The average molecular weight is 552 g/mol. The Morgan fingerprint density at radius 3 is 2.08 bits per heavy atom. The van der Waals surface area contributed by atoms with Gasteiger partial charge in [-0.1, -0.05) is 24.3 Å². The zero-order valence-corrected chi connectivity index (χ0v) is 22.1. The lowest BCUT2D eigenvalue weighted by Crippen LogP contribution is -2.38. The fourth-order valence-electron chi connectivity index (χ4n) is 3.46. The number of aliphatic carboxylic acids is 1. The van der Waals surface area contributed by atoms with Crippen molar-refractivity contribution in [2.45, 2.75) is 45.6 Å². The molecule has 0 aliphatic rings. The van der Waals surface area contributed by atoms with E-state index < -0.39 is 33.3 Å². The van der Waals surface area contributed by atoms with Crippen molar-refractivity contribution in [1.29, 1.82) is 0 Å². The quantitative estimate of drug-likeness (QED) is 0.332. The van der Waals surface area contributed by atoms with Gasteiger partial charge in [-0.25, -0.2) is 13.2 Å². The van der Waals surface area contributed by atoms with Crippen LogP contribution in [0.3, 0.4) is 0 Å². The van der Waals surface area contributed by atoms with Gasteiger partial charge in [-0.2, -0.15) is 17.5 Å². The Labute approximate surface area is 219 Å². The molecule has 0 radical (unpaired) electrons. The summed E-state index contributed by atoms with van der Waals surface area (Å²) in [6.07, 6.45) is -3.44. The molecule has 38 heavy (non-hydrogen) atoms. The fraction of sp³-hybridized carbons (Fsp3) is 0.296. The number of ether oxygens (including phenoxy) is 2. The third-order valence-electron chi connectivity index (χ3n) is 5.63. The fourth-order valence-corrected chi connectivity index (χ4v) is 4.23. The Kier molecular flexibility index (Phi) is 8.42. The van der Waals surface area contributed by atoms with Gasteiger partial charge in [0, 0.05) is 13.1 Å². The molecular formula is C27H28F3NO6S. The molecule has 0 atom stereocenters. The summed E-state index contributed by atoms with van der Waals surface area (Å²) in [6.45, 7) is 4.52. The van der Waals surface area contributed by atoms with Crippen molar-refractivity contribution in [1.82, 2.24) is 4.31 Å². The summed E-state index contributed by atoms with van der Waals surface area (Å²) in [5.41, 5.74) is -0.530. The van der Waals surface area contributed by atoms with Crippen LogP contribution in [0.1, 0.15) is 36.1 Å². The van der Waals surface area contributed by atoms with Gasteiger partial charge in [0.15, 0.2) is 5.60 Å². The number of alkyl halides is 3. The van der Waals surface area contributed by atoms with Gasteiger partial charge in [0.2, 0.25) is 10.0 Å². The molecule has 11 heteroatoms. The highest BCUT2D eigenvalue weighted by Crippen LogP contribution is 2.31. The molecule has 0 aliphatic carbocycles. The van der Waals surface area contributed by atoms with Crippen LogP contribution in [0.4, 0.5) is 13.2 Å². The topological polar surface area (TPSA) is 93.1 Å². The number of sulfonamides is 1. The second-order valence-electron chi connectivity index (χ2n) is 9.32. The lowest BCUT2D eigenvalue weighted by molar-refractivity contribution is -0.152. The summed E-state index contributed by atoms with van der Waals surface area (Å²) in [6, 6.07) is 16.0. The summed E-state index contributed by atoms with van der Waals surface area (Å²) < 4.78 is 76.0. The minimum absolute atomic E-state index is 0.0207. The van der Waals surface area contributed by atoms with E-state index in [1.54, 1.807) is 49.4 Å². The van der Waals surface area contributed by atoms with Crippen molar-refractivity contribution < 1.29 is 41.0 Å². The van der Waals surface area contributed by atoms with E-state index in [4.69, 9.17) is 9.47 Å². The minimum atomic E-state index is -4.48. The maximum atomic E-state index is 12.8. The minimum Gasteiger partial charge on any atom is -0.478 e. The zero-order chi connectivity index (χ0) is 28.3. The van der Waals surface area contributed by atoms with Crippen molar-refractivity contribution in [3.8, 4) is 17.2 Å². The van der Waals surface area contributed by atoms with Crippen LogP contribution >= 0.6 is 0 Å².